The summed E-state index contributed by atoms with van der Waals surface area (Å²) in [5, 5.41) is 9.10. The van der Waals surface area contributed by atoms with Gasteiger partial charge in [0.2, 0.25) is 10.0 Å². The zero-order chi connectivity index (χ0) is 15.6. The van der Waals surface area contributed by atoms with Crippen LogP contribution in [0.1, 0.15) is 23.2 Å². The molecule has 116 valence electrons. The van der Waals surface area contributed by atoms with Gasteiger partial charge in [-0.25, -0.2) is 17.9 Å². The van der Waals surface area contributed by atoms with E-state index in [9.17, 15) is 13.2 Å². The van der Waals surface area contributed by atoms with Gasteiger partial charge in [0.05, 0.1) is 10.5 Å². The van der Waals surface area contributed by atoms with Gasteiger partial charge in [-0.2, -0.15) is 0 Å². The number of hydrogen-bond acceptors (Lipinski definition) is 5. The molecule has 0 aromatic heterocycles. The molecule has 0 amide bonds. The number of aromatic carboxylic acids is 1. The minimum absolute atomic E-state index is 0.133. The monoisotopic (exact) mass is 313 g/mol. The first kappa shape index (κ1) is 15.7. The van der Waals surface area contributed by atoms with E-state index >= 15 is 0 Å². The molecule has 8 heteroatoms. The minimum atomic E-state index is -3.91. The van der Waals surface area contributed by atoms with E-state index in [0.717, 1.165) is 19.4 Å². The van der Waals surface area contributed by atoms with Crippen LogP contribution in [-0.2, 0) is 10.0 Å². The van der Waals surface area contributed by atoms with E-state index < -0.39 is 16.0 Å². The second-order valence-electron chi connectivity index (χ2n) is 5.19. The smallest absolute Gasteiger partial charge is 0.337 e. The van der Waals surface area contributed by atoms with Crippen LogP contribution in [0.4, 0.5) is 5.69 Å². The molecule has 2 rings (SSSR count). The highest BCUT2D eigenvalue weighted by Gasteiger charge is 2.26. The van der Waals surface area contributed by atoms with Gasteiger partial charge < -0.3 is 15.7 Å². The number of likely N-dealkylation sites (N-methyl/N-ethyl adjacent to an activating group) is 1. The number of likely N-dealkylation sites (tertiary alicyclic amines) is 1. The Morgan fingerprint density at radius 2 is 2.24 bits per heavy atom. The van der Waals surface area contributed by atoms with Crippen molar-refractivity contribution in [2.75, 3.05) is 25.9 Å². The molecule has 1 unspecified atom stereocenters. The fraction of sp³-hybridized carbons (Fsp3) is 0.462. The van der Waals surface area contributed by atoms with Gasteiger partial charge in [0.25, 0.3) is 0 Å². The molecule has 1 aliphatic rings. The average molecular weight is 313 g/mol. The maximum absolute atomic E-state index is 12.3. The zero-order valence-electron chi connectivity index (χ0n) is 11.7. The van der Waals surface area contributed by atoms with Crippen molar-refractivity contribution in [2.24, 2.45) is 0 Å². The number of carboxylic acids is 1. The Kier molecular flexibility index (Phi) is 4.50. The molecule has 1 aromatic carbocycles. The molecule has 1 atom stereocenters. The number of hydrogen-bond donors (Lipinski definition) is 3. The van der Waals surface area contributed by atoms with Crippen LogP contribution in [-0.4, -0.2) is 50.6 Å². The standard InChI is InChI=1S/C13H19N3O4S/c1-16-6-2-3-10(16)8-15-21(19,20)12-7-9(14)4-5-11(12)13(17)18/h4-5,7,10,15H,2-3,6,8,14H2,1H3,(H,17,18). The van der Waals surface area contributed by atoms with Crippen molar-refractivity contribution in [3.63, 3.8) is 0 Å². The number of nitrogens with zero attached hydrogens (tertiary/aromatic N) is 1. The largest absolute Gasteiger partial charge is 0.478 e. The van der Waals surface area contributed by atoms with Crippen molar-refractivity contribution in [1.29, 1.82) is 0 Å². The topological polar surface area (TPSA) is 113 Å². The van der Waals surface area contributed by atoms with Crippen LogP contribution < -0.4 is 10.5 Å². The molecule has 0 radical (unpaired) electrons. The van der Waals surface area contributed by atoms with Gasteiger partial charge >= 0.3 is 5.97 Å². The molecule has 1 fully saturated rings. The lowest BCUT2D eigenvalue weighted by Gasteiger charge is -2.20. The quantitative estimate of drug-likeness (QED) is 0.676. The summed E-state index contributed by atoms with van der Waals surface area (Å²) in [7, 11) is -1.97. The lowest BCUT2D eigenvalue weighted by atomic mass is 10.2. The van der Waals surface area contributed by atoms with Crippen LogP contribution in [0.3, 0.4) is 0 Å². The summed E-state index contributed by atoms with van der Waals surface area (Å²) in [6.45, 7) is 1.19. The summed E-state index contributed by atoms with van der Waals surface area (Å²) in [6, 6.07) is 3.87. The molecule has 4 N–H and O–H groups in total. The molecule has 1 aliphatic heterocycles. The molecule has 1 saturated heterocycles. The highest BCUT2D eigenvalue weighted by atomic mass is 32.2. The van der Waals surface area contributed by atoms with Crippen LogP contribution in [0, 0.1) is 0 Å². The molecule has 0 bridgehead atoms. The van der Waals surface area contributed by atoms with Crippen molar-refractivity contribution in [1.82, 2.24) is 9.62 Å². The summed E-state index contributed by atoms with van der Waals surface area (Å²) in [4.78, 5) is 12.9. The third-order valence-corrected chi connectivity index (χ3v) is 5.17. The SMILES string of the molecule is CN1CCCC1CNS(=O)(=O)c1cc(N)ccc1C(=O)O. The van der Waals surface area contributed by atoms with Crippen LogP contribution in [0.25, 0.3) is 0 Å². The van der Waals surface area contributed by atoms with Crippen LogP contribution in [0.15, 0.2) is 23.1 Å². The number of carbonyl (C=O) groups is 1. The highest BCUT2D eigenvalue weighted by molar-refractivity contribution is 7.89. The maximum atomic E-state index is 12.3. The summed E-state index contributed by atoms with van der Waals surface area (Å²) in [5.41, 5.74) is 5.50. The summed E-state index contributed by atoms with van der Waals surface area (Å²) in [5.74, 6) is -1.30. The first-order valence-corrected chi connectivity index (χ1v) is 8.12. The Morgan fingerprint density at radius 3 is 2.81 bits per heavy atom. The highest BCUT2D eigenvalue weighted by Crippen LogP contribution is 2.20. The van der Waals surface area contributed by atoms with E-state index in [2.05, 4.69) is 9.62 Å². The Labute approximate surface area is 123 Å². The molecule has 1 heterocycles. The van der Waals surface area contributed by atoms with Gasteiger partial charge in [0.15, 0.2) is 0 Å². The number of nitrogens with two attached hydrogens (primary N) is 1. The first-order chi connectivity index (χ1) is 9.81. The second-order valence-corrected chi connectivity index (χ2v) is 6.92. The number of sulfonamides is 1. The molecule has 1 aromatic rings. The summed E-state index contributed by atoms with van der Waals surface area (Å²) in [6.07, 6.45) is 1.95. The molecule has 0 saturated carbocycles. The third kappa shape index (κ3) is 3.52. The summed E-state index contributed by atoms with van der Waals surface area (Å²) >= 11 is 0. The number of nitrogens with one attached hydrogen (secondary N) is 1. The molecular formula is C13H19N3O4S. The molecule has 21 heavy (non-hydrogen) atoms. The van der Waals surface area contributed by atoms with E-state index in [1.807, 2.05) is 7.05 Å². The summed E-state index contributed by atoms with van der Waals surface area (Å²) < 4.78 is 27.1. The molecule has 0 aliphatic carbocycles. The van der Waals surface area contributed by atoms with E-state index in [-0.39, 0.29) is 28.7 Å². The zero-order valence-corrected chi connectivity index (χ0v) is 12.6. The van der Waals surface area contributed by atoms with Crippen molar-refractivity contribution in [3.8, 4) is 0 Å². The second kappa shape index (κ2) is 6.00. The van der Waals surface area contributed by atoms with Crippen LogP contribution in [0.5, 0.6) is 0 Å². The maximum Gasteiger partial charge on any atom is 0.337 e. The molecule has 0 spiro atoms. The Hall–Kier alpha value is -1.64. The minimum Gasteiger partial charge on any atom is -0.478 e. The van der Waals surface area contributed by atoms with Gasteiger partial charge in [-0.05, 0) is 44.6 Å². The van der Waals surface area contributed by atoms with E-state index in [1.54, 1.807) is 0 Å². The van der Waals surface area contributed by atoms with Crippen molar-refractivity contribution in [3.05, 3.63) is 23.8 Å². The van der Waals surface area contributed by atoms with Crippen molar-refractivity contribution in [2.45, 2.75) is 23.8 Å². The Morgan fingerprint density at radius 1 is 1.52 bits per heavy atom. The molecular weight excluding hydrogens is 294 g/mol. The number of nitrogen functional groups attached to an aromatic ring is 1. The number of rotatable bonds is 5. The van der Waals surface area contributed by atoms with Gasteiger partial charge in [-0.1, -0.05) is 0 Å². The lowest BCUT2D eigenvalue weighted by molar-refractivity contribution is 0.0692. The Balaban J connectivity index is 2.23. The Bertz CT molecular complexity index is 645. The third-order valence-electron chi connectivity index (χ3n) is 3.71. The van der Waals surface area contributed by atoms with Crippen molar-refractivity contribution < 1.29 is 18.3 Å². The van der Waals surface area contributed by atoms with Gasteiger partial charge in [-0.3, -0.25) is 0 Å². The lowest BCUT2D eigenvalue weighted by Crippen LogP contribution is -2.38. The van der Waals surface area contributed by atoms with Gasteiger partial charge in [0.1, 0.15) is 0 Å². The van der Waals surface area contributed by atoms with E-state index in [1.165, 1.54) is 18.2 Å². The fourth-order valence-electron chi connectivity index (χ4n) is 2.46. The van der Waals surface area contributed by atoms with Crippen LogP contribution in [0.2, 0.25) is 0 Å². The molecule has 7 nitrogen and oxygen atoms in total. The average Bonchev–Trinajstić information content (AvgIpc) is 2.81. The van der Waals surface area contributed by atoms with Crippen LogP contribution >= 0.6 is 0 Å². The predicted molar refractivity (Wildman–Crippen MR) is 78.7 cm³/mol. The van der Waals surface area contributed by atoms with Gasteiger partial charge in [0, 0.05) is 18.3 Å². The number of benzene rings is 1. The normalized spacial score (nSPS) is 19.8. The van der Waals surface area contributed by atoms with E-state index in [4.69, 9.17) is 10.8 Å². The number of anilines is 1. The first-order valence-electron chi connectivity index (χ1n) is 6.64. The predicted octanol–water partition coefficient (Wildman–Crippen LogP) is 0.340. The van der Waals surface area contributed by atoms with Gasteiger partial charge in [-0.15, -0.1) is 0 Å². The fourth-order valence-corrected chi connectivity index (χ4v) is 3.76. The number of carboxylic acid groups (broad SMARTS) is 1. The van der Waals surface area contributed by atoms with Crippen molar-refractivity contribution >= 4 is 21.7 Å². The van der Waals surface area contributed by atoms with E-state index in [0.29, 0.717) is 0 Å².